The third-order valence-corrected chi connectivity index (χ3v) is 3.55. The van der Waals surface area contributed by atoms with E-state index in [4.69, 9.17) is 4.74 Å². The Kier molecular flexibility index (Phi) is 2.36. The van der Waals surface area contributed by atoms with E-state index >= 15 is 0 Å². The van der Waals surface area contributed by atoms with Crippen LogP contribution in [0, 0.1) is 6.92 Å². The molecule has 0 saturated heterocycles. The van der Waals surface area contributed by atoms with E-state index in [0.29, 0.717) is 13.2 Å². The van der Waals surface area contributed by atoms with Crippen LogP contribution >= 0.6 is 11.3 Å². The highest BCUT2D eigenvalue weighted by molar-refractivity contribution is 7.15. The van der Waals surface area contributed by atoms with E-state index in [1.807, 2.05) is 24.0 Å². The molecule has 0 atom stereocenters. The van der Waals surface area contributed by atoms with E-state index in [1.165, 1.54) is 11.3 Å². The monoisotopic (exact) mass is 249 g/mol. The maximum atomic E-state index is 9.54. The number of ether oxygens (including phenoxy) is 1. The molecule has 1 N–H and O–H groups in total. The fourth-order valence-corrected chi connectivity index (χ4v) is 2.56. The summed E-state index contributed by atoms with van der Waals surface area (Å²) in [6.07, 6.45) is 1.72. The van der Waals surface area contributed by atoms with Crippen LogP contribution in [0.2, 0.25) is 0 Å². The molecule has 0 unspecified atom stereocenters. The van der Waals surface area contributed by atoms with Crippen molar-refractivity contribution >= 4 is 22.3 Å². The molecule has 0 aliphatic carbocycles. The van der Waals surface area contributed by atoms with Gasteiger partial charge in [0, 0.05) is 6.20 Å². The van der Waals surface area contributed by atoms with Gasteiger partial charge < -0.3 is 9.84 Å². The van der Waals surface area contributed by atoms with Crippen molar-refractivity contribution in [3.8, 4) is 11.6 Å². The number of aryl methyl sites for hydroxylation is 1. The SMILES string of the molecule is Cc1sc(N2CCOc3cccnc32)nc1O. The Labute approximate surface area is 102 Å². The van der Waals surface area contributed by atoms with Crippen LogP contribution in [0.3, 0.4) is 0 Å². The Morgan fingerprint density at radius 3 is 3.18 bits per heavy atom. The van der Waals surface area contributed by atoms with E-state index in [2.05, 4.69) is 9.97 Å². The standard InChI is InChI=1S/C11H11N3O2S/c1-7-10(15)13-11(17-7)14-5-6-16-8-3-2-4-12-9(8)14/h2-4,15H,5-6H2,1H3. The number of anilines is 2. The van der Waals surface area contributed by atoms with Gasteiger partial charge in [0.25, 0.3) is 0 Å². The number of aromatic hydroxyl groups is 1. The molecule has 0 aromatic carbocycles. The van der Waals surface area contributed by atoms with Crippen LogP contribution in [0.25, 0.3) is 0 Å². The van der Waals surface area contributed by atoms with Crippen molar-refractivity contribution in [2.75, 3.05) is 18.1 Å². The van der Waals surface area contributed by atoms with Gasteiger partial charge in [-0.05, 0) is 19.1 Å². The molecular formula is C11H11N3O2S. The molecule has 1 aliphatic heterocycles. The number of rotatable bonds is 1. The summed E-state index contributed by atoms with van der Waals surface area (Å²) in [5.74, 6) is 1.60. The number of nitrogens with zero attached hydrogens (tertiary/aromatic N) is 3. The van der Waals surface area contributed by atoms with Crippen molar-refractivity contribution in [1.82, 2.24) is 9.97 Å². The highest BCUT2D eigenvalue weighted by Crippen LogP contribution is 2.38. The lowest BCUT2D eigenvalue weighted by Crippen LogP contribution is -2.29. The molecule has 2 aromatic rings. The maximum absolute atomic E-state index is 9.54. The van der Waals surface area contributed by atoms with Crippen molar-refractivity contribution in [3.05, 3.63) is 23.2 Å². The summed E-state index contributed by atoms with van der Waals surface area (Å²) in [4.78, 5) is 11.2. The second-order valence-electron chi connectivity index (χ2n) is 3.70. The lowest BCUT2D eigenvalue weighted by molar-refractivity contribution is 0.311. The number of pyridine rings is 1. The summed E-state index contributed by atoms with van der Waals surface area (Å²) >= 11 is 1.45. The van der Waals surface area contributed by atoms with Crippen LogP contribution in [-0.4, -0.2) is 28.2 Å². The molecule has 5 nitrogen and oxygen atoms in total. The maximum Gasteiger partial charge on any atom is 0.226 e. The molecule has 0 fully saturated rings. The summed E-state index contributed by atoms with van der Waals surface area (Å²) in [6.45, 7) is 3.13. The fraction of sp³-hybridized carbons (Fsp3) is 0.273. The average Bonchev–Trinajstić information content (AvgIpc) is 2.69. The minimum absolute atomic E-state index is 0.0916. The first-order valence-corrected chi connectivity index (χ1v) is 6.09. The Morgan fingerprint density at radius 1 is 1.53 bits per heavy atom. The minimum Gasteiger partial charge on any atom is -0.492 e. The molecule has 0 radical (unpaired) electrons. The topological polar surface area (TPSA) is 58.5 Å². The summed E-state index contributed by atoms with van der Waals surface area (Å²) in [5.41, 5.74) is 0. The van der Waals surface area contributed by atoms with E-state index in [-0.39, 0.29) is 5.88 Å². The lowest BCUT2D eigenvalue weighted by Gasteiger charge is -2.27. The molecule has 0 saturated carbocycles. The first-order valence-electron chi connectivity index (χ1n) is 5.27. The van der Waals surface area contributed by atoms with Gasteiger partial charge >= 0.3 is 0 Å². The Balaban J connectivity index is 2.05. The largest absolute Gasteiger partial charge is 0.492 e. The van der Waals surface area contributed by atoms with E-state index in [1.54, 1.807) is 6.20 Å². The van der Waals surface area contributed by atoms with Crippen molar-refractivity contribution < 1.29 is 9.84 Å². The molecule has 0 amide bonds. The van der Waals surface area contributed by atoms with Crippen molar-refractivity contribution in [3.63, 3.8) is 0 Å². The second kappa shape index (κ2) is 3.89. The van der Waals surface area contributed by atoms with Gasteiger partial charge in [0.15, 0.2) is 16.7 Å². The zero-order chi connectivity index (χ0) is 11.8. The van der Waals surface area contributed by atoms with Crippen LogP contribution in [0.5, 0.6) is 11.6 Å². The number of thiazole rings is 1. The summed E-state index contributed by atoms with van der Waals surface area (Å²) in [5, 5.41) is 10.3. The first kappa shape index (κ1) is 10.3. The molecular weight excluding hydrogens is 238 g/mol. The number of hydrogen-bond acceptors (Lipinski definition) is 6. The molecule has 88 valence electrons. The van der Waals surface area contributed by atoms with Crippen LogP contribution in [0.15, 0.2) is 18.3 Å². The molecule has 17 heavy (non-hydrogen) atoms. The van der Waals surface area contributed by atoms with Crippen LogP contribution < -0.4 is 9.64 Å². The minimum atomic E-state index is 0.0916. The van der Waals surface area contributed by atoms with Gasteiger partial charge in [0.1, 0.15) is 6.61 Å². The molecule has 6 heteroatoms. The molecule has 2 aromatic heterocycles. The number of aromatic nitrogens is 2. The average molecular weight is 249 g/mol. The highest BCUT2D eigenvalue weighted by atomic mass is 32.1. The fourth-order valence-electron chi connectivity index (χ4n) is 1.73. The molecule has 1 aliphatic rings. The van der Waals surface area contributed by atoms with Gasteiger partial charge in [-0.2, -0.15) is 4.98 Å². The third-order valence-electron chi connectivity index (χ3n) is 2.57. The van der Waals surface area contributed by atoms with Gasteiger partial charge in [-0.15, -0.1) is 0 Å². The van der Waals surface area contributed by atoms with Crippen LogP contribution in [0.4, 0.5) is 10.9 Å². The van der Waals surface area contributed by atoms with Gasteiger partial charge in [0.05, 0.1) is 11.4 Å². The first-order chi connectivity index (χ1) is 8.25. The van der Waals surface area contributed by atoms with Gasteiger partial charge in [-0.1, -0.05) is 11.3 Å². The van der Waals surface area contributed by atoms with Crippen LogP contribution in [-0.2, 0) is 0 Å². The van der Waals surface area contributed by atoms with E-state index < -0.39 is 0 Å². The highest BCUT2D eigenvalue weighted by Gasteiger charge is 2.23. The third kappa shape index (κ3) is 1.70. The van der Waals surface area contributed by atoms with Gasteiger partial charge in [-0.3, -0.25) is 4.90 Å². The van der Waals surface area contributed by atoms with Crippen molar-refractivity contribution in [2.24, 2.45) is 0 Å². The normalized spacial score (nSPS) is 14.3. The Bertz CT molecular complexity index is 536. The predicted molar refractivity (Wildman–Crippen MR) is 65.3 cm³/mol. The Morgan fingerprint density at radius 2 is 2.41 bits per heavy atom. The predicted octanol–water partition coefficient (Wildman–Crippen LogP) is 2.08. The summed E-state index contributed by atoms with van der Waals surface area (Å²) < 4.78 is 5.52. The lowest BCUT2D eigenvalue weighted by atomic mass is 10.3. The molecule has 0 spiro atoms. The summed E-state index contributed by atoms with van der Waals surface area (Å²) in [7, 11) is 0. The smallest absolute Gasteiger partial charge is 0.226 e. The summed E-state index contributed by atoms with van der Waals surface area (Å²) in [6, 6.07) is 3.72. The van der Waals surface area contributed by atoms with Crippen molar-refractivity contribution in [2.45, 2.75) is 6.92 Å². The van der Waals surface area contributed by atoms with Gasteiger partial charge in [-0.25, -0.2) is 4.98 Å². The zero-order valence-electron chi connectivity index (χ0n) is 9.25. The second-order valence-corrected chi connectivity index (χ2v) is 4.88. The number of fused-ring (bicyclic) bond motifs is 1. The Hall–Kier alpha value is -1.82. The van der Waals surface area contributed by atoms with E-state index in [9.17, 15) is 5.11 Å². The van der Waals surface area contributed by atoms with Crippen LogP contribution in [0.1, 0.15) is 4.88 Å². The zero-order valence-corrected chi connectivity index (χ0v) is 10.1. The van der Waals surface area contributed by atoms with E-state index in [0.717, 1.165) is 21.6 Å². The molecule has 3 rings (SSSR count). The molecule has 0 bridgehead atoms. The molecule has 3 heterocycles. The van der Waals surface area contributed by atoms with Gasteiger partial charge in [0.2, 0.25) is 5.88 Å². The quantitative estimate of drug-likeness (QED) is 0.838. The number of hydrogen-bond donors (Lipinski definition) is 1. The van der Waals surface area contributed by atoms with Crippen molar-refractivity contribution in [1.29, 1.82) is 0 Å².